The van der Waals surface area contributed by atoms with Gasteiger partial charge in [0.15, 0.2) is 0 Å². The van der Waals surface area contributed by atoms with E-state index in [1.54, 1.807) is 18.2 Å². The Bertz CT molecular complexity index is 239. The monoisotopic (exact) mass is 156 g/mol. The predicted molar refractivity (Wildman–Crippen MR) is 39.1 cm³/mol. The van der Waals surface area contributed by atoms with Gasteiger partial charge >= 0.3 is 0 Å². The van der Waals surface area contributed by atoms with E-state index in [9.17, 15) is 4.39 Å². The maximum absolute atomic E-state index is 12.9. The fourth-order valence-corrected chi connectivity index (χ4v) is 0.905. The second kappa shape index (κ2) is 3.46. The third-order valence-electron chi connectivity index (χ3n) is 1.57. The van der Waals surface area contributed by atoms with Crippen molar-refractivity contribution in [2.45, 2.75) is 6.04 Å². The average Bonchev–Trinajstić information content (AvgIpc) is 2.04. The molecule has 4 N–H and O–H groups in total. The van der Waals surface area contributed by atoms with Crippen LogP contribution in [0.3, 0.4) is 0 Å². The lowest BCUT2D eigenvalue weighted by molar-refractivity contribution is -0.432. The zero-order chi connectivity index (χ0) is 8.27. The van der Waals surface area contributed by atoms with Crippen molar-refractivity contribution in [1.29, 1.82) is 0 Å². The molecule has 0 amide bonds. The molecule has 0 spiro atoms. The molecule has 0 unspecified atom stereocenters. The highest BCUT2D eigenvalue weighted by Gasteiger charge is 2.11. The van der Waals surface area contributed by atoms with E-state index in [-0.39, 0.29) is 18.5 Å². The number of quaternary nitrogens is 1. The van der Waals surface area contributed by atoms with Crippen LogP contribution in [-0.2, 0) is 0 Å². The minimum absolute atomic E-state index is 0.124. The standard InChI is InChI=1S/C8H10FNO/c9-7-4-2-1-3-6(7)8(10)5-11/h1-4,8,11H,5,10H2/p+1/t8-/m1/s1. The van der Waals surface area contributed by atoms with E-state index >= 15 is 0 Å². The Morgan fingerprint density at radius 2 is 2.09 bits per heavy atom. The SMILES string of the molecule is [NH3+][C@H](CO)c1ccccc1F. The Hall–Kier alpha value is -0.930. The van der Waals surface area contributed by atoms with E-state index in [1.807, 2.05) is 0 Å². The van der Waals surface area contributed by atoms with Crippen LogP contribution in [0.2, 0.25) is 0 Å². The quantitative estimate of drug-likeness (QED) is 0.627. The second-order valence-corrected chi connectivity index (χ2v) is 2.40. The molecule has 1 aromatic rings. The molecule has 0 heterocycles. The summed E-state index contributed by atoms with van der Waals surface area (Å²) in [5.74, 6) is -0.304. The molecule has 1 atom stereocenters. The highest BCUT2D eigenvalue weighted by molar-refractivity contribution is 5.19. The Morgan fingerprint density at radius 1 is 1.45 bits per heavy atom. The molecule has 0 aromatic heterocycles. The molecule has 60 valence electrons. The van der Waals surface area contributed by atoms with Gasteiger partial charge in [-0.3, -0.25) is 0 Å². The third-order valence-corrected chi connectivity index (χ3v) is 1.57. The maximum Gasteiger partial charge on any atom is 0.136 e. The number of hydrogen-bond donors (Lipinski definition) is 2. The van der Waals surface area contributed by atoms with Gasteiger partial charge < -0.3 is 10.8 Å². The summed E-state index contributed by atoms with van der Waals surface area (Å²) in [6, 6.07) is 5.97. The molecule has 1 aromatic carbocycles. The molecule has 2 nitrogen and oxygen atoms in total. The largest absolute Gasteiger partial charge is 0.390 e. The molecule has 1 rings (SSSR count). The van der Waals surface area contributed by atoms with E-state index < -0.39 is 0 Å². The van der Waals surface area contributed by atoms with Gasteiger partial charge in [-0.2, -0.15) is 0 Å². The van der Waals surface area contributed by atoms with Crippen LogP contribution >= 0.6 is 0 Å². The lowest BCUT2D eigenvalue weighted by Gasteiger charge is -2.04. The summed E-state index contributed by atoms with van der Waals surface area (Å²) in [6.45, 7) is -0.124. The zero-order valence-corrected chi connectivity index (χ0v) is 6.13. The Morgan fingerprint density at radius 3 is 2.64 bits per heavy atom. The first-order chi connectivity index (χ1) is 5.25. The van der Waals surface area contributed by atoms with Crippen LogP contribution in [-0.4, -0.2) is 11.7 Å². The zero-order valence-electron chi connectivity index (χ0n) is 6.13. The summed E-state index contributed by atoms with van der Waals surface area (Å²) in [5.41, 5.74) is 4.07. The van der Waals surface area contributed by atoms with E-state index in [0.717, 1.165) is 0 Å². The van der Waals surface area contributed by atoms with Crippen LogP contribution in [0.4, 0.5) is 4.39 Å². The normalized spacial score (nSPS) is 13.0. The molecule has 0 fully saturated rings. The van der Waals surface area contributed by atoms with Crippen molar-refractivity contribution in [3.8, 4) is 0 Å². The minimum Gasteiger partial charge on any atom is -0.390 e. The summed E-state index contributed by atoms with van der Waals surface area (Å²) in [7, 11) is 0. The van der Waals surface area contributed by atoms with Gasteiger partial charge in [-0.1, -0.05) is 18.2 Å². The number of rotatable bonds is 2. The van der Waals surface area contributed by atoms with Gasteiger partial charge in [0.2, 0.25) is 0 Å². The maximum atomic E-state index is 12.9. The molecule has 3 heteroatoms. The van der Waals surface area contributed by atoms with Crippen molar-refractivity contribution in [2.24, 2.45) is 0 Å². The smallest absolute Gasteiger partial charge is 0.136 e. The summed E-state index contributed by atoms with van der Waals surface area (Å²) in [4.78, 5) is 0. The molecule has 0 aliphatic rings. The van der Waals surface area contributed by atoms with Gasteiger partial charge in [-0.15, -0.1) is 0 Å². The Kier molecular flexibility index (Phi) is 2.57. The van der Waals surface area contributed by atoms with Crippen molar-refractivity contribution in [1.82, 2.24) is 0 Å². The second-order valence-electron chi connectivity index (χ2n) is 2.40. The van der Waals surface area contributed by atoms with Gasteiger partial charge in [0, 0.05) is 5.56 Å². The van der Waals surface area contributed by atoms with E-state index in [2.05, 4.69) is 5.73 Å². The fraction of sp³-hybridized carbons (Fsp3) is 0.250. The van der Waals surface area contributed by atoms with Gasteiger partial charge in [0.1, 0.15) is 11.9 Å². The number of benzene rings is 1. The van der Waals surface area contributed by atoms with E-state index in [1.165, 1.54) is 6.07 Å². The number of aliphatic hydroxyl groups is 1. The summed E-state index contributed by atoms with van der Waals surface area (Å²) in [5, 5.41) is 8.68. The first-order valence-corrected chi connectivity index (χ1v) is 3.44. The summed E-state index contributed by atoms with van der Waals surface area (Å²) >= 11 is 0. The van der Waals surface area contributed by atoms with Crippen molar-refractivity contribution in [2.75, 3.05) is 6.61 Å². The van der Waals surface area contributed by atoms with Gasteiger partial charge in [-0.25, -0.2) is 4.39 Å². The fourth-order valence-electron chi connectivity index (χ4n) is 0.905. The van der Waals surface area contributed by atoms with Crippen LogP contribution in [0.15, 0.2) is 24.3 Å². The highest BCUT2D eigenvalue weighted by Crippen LogP contribution is 2.11. The van der Waals surface area contributed by atoms with E-state index in [4.69, 9.17) is 5.11 Å². The average molecular weight is 156 g/mol. The van der Waals surface area contributed by atoms with Crippen LogP contribution in [0.25, 0.3) is 0 Å². The molecule has 0 radical (unpaired) electrons. The molecule has 0 aliphatic heterocycles. The first-order valence-electron chi connectivity index (χ1n) is 3.44. The Labute approximate surface area is 64.5 Å². The molecule has 11 heavy (non-hydrogen) atoms. The van der Waals surface area contributed by atoms with E-state index in [0.29, 0.717) is 5.56 Å². The lowest BCUT2D eigenvalue weighted by atomic mass is 10.1. The number of halogens is 1. The summed E-state index contributed by atoms with van der Waals surface area (Å²) in [6.07, 6.45) is 0. The first kappa shape index (κ1) is 8.17. The predicted octanol–water partition coefficient (Wildman–Crippen LogP) is 0.101. The van der Waals surface area contributed by atoms with Crippen LogP contribution in [0.5, 0.6) is 0 Å². The topological polar surface area (TPSA) is 47.9 Å². The van der Waals surface area contributed by atoms with Gasteiger partial charge in [0.25, 0.3) is 0 Å². The van der Waals surface area contributed by atoms with Crippen LogP contribution in [0.1, 0.15) is 11.6 Å². The number of aliphatic hydroxyl groups excluding tert-OH is 1. The van der Waals surface area contributed by atoms with Crippen molar-refractivity contribution < 1.29 is 15.2 Å². The minimum atomic E-state index is -0.365. The van der Waals surface area contributed by atoms with Crippen molar-refractivity contribution in [3.05, 3.63) is 35.6 Å². The highest BCUT2D eigenvalue weighted by atomic mass is 19.1. The molecular weight excluding hydrogens is 145 g/mol. The van der Waals surface area contributed by atoms with Crippen molar-refractivity contribution >= 4 is 0 Å². The molecule has 0 saturated carbocycles. The van der Waals surface area contributed by atoms with Crippen molar-refractivity contribution in [3.63, 3.8) is 0 Å². The van der Waals surface area contributed by atoms with Crippen LogP contribution < -0.4 is 5.73 Å². The molecule has 0 bridgehead atoms. The third kappa shape index (κ3) is 1.76. The van der Waals surface area contributed by atoms with Gasteiger partial charge in [-0.05, 0) is 6.07 Å². The molecule has 0 saturated heterocycles. The van der Waals surface area contributed by atoms with Crippen LogP contribution in [0, 0.1) is 5.82 Å². The molecule has 0 aliphatic carbocycles. The lowest BCUT2D eigenvalue weighted by Crippen LogP contribution is -2.55. The Balaban J connectivity index is 2.93. The molecular formula is C8H11FNO+. The summed E-state index contributed by atoms with van der Waals surface area (Å²) < 4.78 is 12.9. The number of hydrogen-bond acceptors (Lipinski definition) is 1. The van der Waals surface area contributed by atoms with Gasteiger partial charge in [0.05, 0.1) is 6.61 Å².